The molecule has 2 N–H and O–H groups in total. The van der Waals surface area contributed by atoms with E-state index in [9.17, 15) is 4.79 Å². The summed E-state index contributed by atoms with van der Waals surface area (Å²) in [6, 6.07) is 10.5. The van der Waals surface area contributed by atoms with Crippen LogP contribution in [0.25, 0.3) is 10.9 Å². The quantitative estimate of drug-likeness (QED) is 0.338. The molecule has 2 aromatic heterocycles. The summed E-state index contributed by atoms with van der Waals surface area (Å²) in [7, 11) is 3.17. The number of fused-ring (bicyclic) bond motifs is 1. The summed E-state index contributed by atoms with van der Waals surface area (Å²) in [5, 5.41) is 7.48. The summed E-state index contributed by atoms with van der Waals surface area (Å²) >= 11 is 1.57. The number of hydrogen-bond acceptors (Lipinski definition) is 7. The maximum atomic E-state index is 12.5. The molecule has 9 heteroatoms. The number of hydrogen-bond donors (Lipinski definition) is 2. The number of methoxy groups -OCH3 is 2. The van der Waals surface area contributed by atoms with Gasteiger partial charge < -0.3 is 24.8 Å². The molecule has 0 aliphatic carbocycles. The third-order valence-corrected chi connectivity index (χ3v) is 6.33. The van der Waals surface area contributed by atoms with E-state index >= 15 is 0 Å². The third kappa shape index (κ3) is 5.04. The zero-order chi connectivity index (χ0) is 24.2. The number of aryl methyl sites for hydroxylation is 2. The predicted octanol–water partition coefficient (Wildman–Crippen LogP) is 6.00. The number of ether oxygens (including phenoxy) is 3. The molecule has 0 aliphatic heterocycles. The molecule has 0 spiro atoms. The minimum Gasteiger partial charge on any atom is -0.493 e. The van der Waals surface area contributed by atoms with Crippen molar-refractivity contribution in [1.29, 1.82) is 0 Å². The molecule has 0 aliphatic rings. The molecule has 8 nitrogen and oxygen atoms in total. The van der Waals surface area contributed by atoms with Gasteiger partial charge in [0, 0.05) is 34.4 Å². The number of carbonyl (C=O) groups excluding carboxylic acids is 1. The van der Waals surface area contributed by atoms with Crippen LogP contribution in [0.5, 0.6) is 23.0 Å². The Hall–Kier alpha value is -3.85. The minimum absolute atomic E-state index is 0.183. The predicted molar refractivity (Wildman–Crippen MR) is 134 cm³/mol. The molecule has 1 unspecified atom stereocenters. The fourth-order valence-corrected chi connectivity index (χ4v) is 4.27. The Labute approximate surface area is 201 Å². The van der Waals surface area contributed by atoms with Gasteiger partial charge in [0.25, 0.3) is 0 Å². The molecular weight excluding hydrogens is 452 g/mol. The van der Waals surface area contributed by atoms with E-state index < -0.39 is 0 Å². The lowest BCUT2D eigenvalue weighted by molar-refractivity contribution is 0.249. The largest absolute Gasteiger partial charge is 0.493 e. The van der Waals surface area contributed by atoms with Gasteiger partial charge in [-0.2, -0.15) is 0 Å². The van der Waals surface area contributed by atoms with Crippen molar-refractivity contribution in [2.45, 2.75) is 26.8 Å². The second-order valence-corrected chi connectivity index (χ2v) is 9.01. The first-order chi connectivity index (χ1) is 16.4. The second-order valence-electron chi connectivity index (χ2n) is 7.74. The number of nitrogens with one attached hydrogen (secondary N) is 2. The minimum atomic E-state index is -0.293. The van der Waals surface area contributed by atoms with Crippen molar-refractivity contribution in [1.82, 2.24) is 15.3 Å². The number of amides is 2. The number of pyridine rings is 1. The average molecular weight is 479 g/mol. The Balaban J connectivity index is 1.49. The van der Waals surface area contributed by atoms with Gasteiger partial charge in [-0.05, 0) is 56.7 Å². The molecule has 34 heavy (non-hydrogen) atoms. The van der Waals surface area contributed by atoms with E-state index in [2.05, 4.69) is 20.6 Å². The molecule has 176 valence electrons. The van der Waals surface area contributed by atoms with E-state index in [1.165, 1.54) is 0 Å². The summed E-state index contributed by atoms with van der Waals surface area (Å²) in [5.74, 6) is 2.47. The SMILES string of the molecule is COc1cc2nccc(Oc3ccc(NC(=O)NC(C)c4ncc(C)s4)c(C)c3)c2cc1OC. The van der Waals surface area contributed by atoms with Crippen LogP contribution in [0.4, 0.5) is 10.5 Å². The fourth-order valence-electron chi connectivity index (χ4n) is 3.49. The van der Waals surface area contributed by atoms with Crippen molar-refractivity contribution in [3.8, 4) is 23.0 Å². The lowest BCUT2D eigenvalue weighted by atomic mass is 10.1. The Morgan fingerprint density at radius 2 is 1.76 bits per heavy atom. The van der Waals surface area contributed by atoms with Crippen LogP contribution in [0, 0.1) is 13.8 Å². The van der Waals surface area contributed by atoms with Gasteiger partial charge in [-0.15, -0.1) is 11.3 Å². The van der Waals surface area contributed by atoms with Crippen LogP contribution in [-0.4, -0.2) is 30.2 Å². The van der Waals surface area contributed by atoms with Crippen molar-refractivity contribution < 1.29 is 19.0 Å². The summed E-state index contributed by atoms with van der Waals surface area (Å²) < 4.78 is 16.9. The molecule has 4 aromatic rings. The van der Waals surface area contributed by atoms with E-state index in [1.54, 1.807) is 44.0 Å². The molecule has 4 rings (SSSR count). The van der Waals surface area contributed by atoms with Crippen LogP contribution in [0.3, 0.4) is 0 Å². The summed E-state index contributed by atoms with van der Waals surface area (Å²) in [4.78, 5) is 22.3. The lowest BCUT2D eigenvalue weighted by Gasteiger charge is -2.15. The van der Waals surface area contributed by atoms with Crippen LogP contribution in [0.1, 0.15) is 28.4 Å². The highest BCUT2D eigenvalue weighted by molar-refractivity contribution is 7.11. The number of thiazole rings is 1. The second kappa shape index (κ2) is 9.96. The molecule has 0 radical (unpaired) electrons. The smallest absolute Gasteiger partial charge is 0.319 e. The Bertz CT molecular complexity index is 1340. The van der Waals surface area contributed by atoms with Gasteiger partial charge in [0.1, 0.15) is 16.5 Å². The normalized spacial score (nSPS) is 11.7. The highest BCUT2D eigenvalue weighted by atomic mass is 32.1. The van der Waals surface area contributed by atoms with Gasteiger partial charge in [0.05, 0.1) is 25.8 Å². The van der Waals surface area contributed by atoms with Gasteiger partial charge in [-0.25, -0.2) is 9.78 Å². The Morgan fingerprint density at radius 3 is 2.44 bits per heavy atom. The zero-order valence-electron chi connectivity index (χ0n) is 19.6. The highest BCUT2D eigenvalue weighted by Gasteiger charge is 2.15. The highest BCUT2D eigenvalue weighted by Crippen LogP contribution is 2.37. The molecule has 0 saturated carbocycles. The Morgan fingerprint density at radius 1 is 1.00 bits per heavy atom. The topological polar surface area (TPSA) is 94.6 Å². The molecule has 2 heterocycles. The molecule has 2 amide bonds. The van der Waals surface area contributed by atoms with E-state index in [4.69, 9.17) is 14.2 Å². The number of carbonyl (C=O) groups is 1. The van der Waals surface area contributed by atoms with Gasteiger partial charge in [0.15, 0.2) is 11.5 Å². The fraction of sp³-hybridized carbons (Fsp3) is 0.240. The molecular formula is C25H26N4O4S. The van der Waals surface area contributed by atoms with Crippen LogP contribution >= 0.6 is 11.3 Å². The van der Waals surface area contributed by atoms with Crippen molar-refractivity contribution in [3.05, 3.63) is 64.2 Å². The Kier molecular flexibility index (Phi) is 6.83. The van der Waals surface area contributed by atoms with Crippen molar-refractivity contribution in [3.63, 3.8) is 0 Å². The number of rotatable bonds is 7. The van der Waals surface area contributed by atoms with E-state index in [-0.39, 0.29) is 12.1 Å². The molecule has 2 aromatic carbocycles. The summed E-state index contributed by atoms with van der Waals surface area (Å²) in [6.07, 6.45) is 3.49. The van der Waals surface area contributed by atoms with E-state index in [1.807, 2.05) is 51.1 Å². The van der Waals surface area contributed by atoms with Gasteiger partial charge >= 0.3 is 6.03 Å². The average Bonchev–Trinajstić information content (AvgIpc) is 3.26. The number of benzene rings is 2. The van der Waals surface area contributed by atoms with Crippen LogP contribution < -0.4 is 24.8 Å². The molecule has 0 bridgehead atoms. The third-order valence-electron chi connectivity index (χ3n) is 5.24. The summed E-state index contributed by atoms with van der Waals surface area (Å²) in [6.45, 7) is 5.81. The molecule has 1 atom stereocenters. The van der Waals surface area contributed by atoms with Gasteiger partial charge in [0.2, 0.25) is 0 Å². The standard InChI is InChI=1S/C25H26N4O4S/c1-14-10-17(6-7-19(14)29-25(30)28-16(3)24-27-13-15(2)34-24)33-21-8-9-26-20-12-23(32-5)22(31-4)11-18(20)21/h6-13,16H,1-5H3,(H2,28,29,30). The molecule has 0 saturated heterocycles. The van der Waals surface area contributed by atoms with E-state index in [0.29, 0.717) is 28.7 Å². The summed E-state index contributed by atoms with van der Waals surface area (Å²) in [5.41, 5.74) is 2.28. The number of anilines is 1. The first-order valence-corrected chi connectivity index (χ1v) is 11.5. The lowest BCUT2D eigenvalue weighted by Crippen LogP contribution is -2.31. The van der Waals surface area contributed by atoms with Crippen molar-refractivity contribution >= 4 is 34.0 Å². The monoisotopic (exact) mass is 478 g/mol. The maximum Gasteiger partial charge on any atom is 0.319 e. The van der Waals surface area contributed by atoms with Crippen LogP contribution in [0.2, 0.25) is 0 Å². The first kappa shape index (κ1) is 23.3. The number of nitrogens with zero attached hydrogens (tertiary/aromatic N) is 2. The van der Waals surface area contributed by atoms with E-state index in [0.717, 1.165) is 26.4 Å². The zero-order valence-corrected chi connectivity index (χ0v) is 20.4. The number of urea groups is 1. The molecule has 0 fully saturated rings. The maximum absolute atomic E-state index is 12.5. The van der Waals surface area contributed by atoms with Gasteiger partial charge in [-0.3, -0.25) is 4.98 Å². The van der Waals surface area contributed by atoms with Crippen molar-refractivity contribution in [2.75, 3.05) is 19.5 Å². The first-order valence-electron chi connectivity index (χ1n) is 10.7. The van der Waals surface area contributed by atoms with Crippen LogP contribution in [0.15, 0.2) is 48.8 Å². The van der Waals surface area contributed by atoms with Gasteiger partial charge in [-0.1, -0.05) is 0 Å². The van der Waals surface area contributed by atoms with Crippen LogP contribution in [-0.2, 0) is 0 Å². The number of aromatic nitrogens is 2. The van der Waals surface area contributed by atoms with Crippen molar-refractivity contribution in [2.24, 2.45) is 0 Å².